The van der Waals surface area contributed by atoms with Crippen LogP contribution in [0, 0.1) is 6.92 Å². The van der Waals surface area contributed by atoms with Crippen LogP contribution in [0.1, 0.15) is 34.1 Å². The number of thiophene rings is 1. The smallest absolute Gasteiger partial charge is 0.231 e. The first kappa shape index (κ1) is 15.0. The Kier molecular flexibility index (Phi) is 3.53. The van der Waals surface area contributed by atoms with Gasteiger partial charge in [0.1, 0.15) is 0 Å². The summed E-state index contributed by atoms with van der Waals surface area (Å²) in [6, 6.07) is 6.62. The minimum absolute atomic E-state index is 0.200. The lowest BCUT2D eigenvalue weighted by Crippen LogP contribution is -2.35. The van der Waals surface area contributed by atoms with Crippen molar-refractivity contribution in [2.24, 2.45) is 0 Å². The van der Waals surface area contributed by atoms with Crippen molar-refractivity contribution < 1.29 is 9.47 Å². The topological polar surface area (TPSA) is 50.4 Å². The van der Waals surface area contributed by atoms with E-state index < -0.39 is 0 Å². The van der Waals surface area contributed by atoms with Crippen molar-refractivity contribution in [3.8, 4) is 11.5 Å². The number of aromatic nitrogens is 2. The van der Waals surface area contributed by atoms with Gasteiger partial charge in [-0.2, -0.15) is 11.3 Å². The van der Waals surface area contributed by atoms with Gasteiger partial charge in [-0.15, -0.1) is 0 Å². The van der Waals surface area contributed by atoms with Gasteiger partial charge < -0.3 is 14.5 Å². The molecule has 1 aromatic carbocycles. The molecule has 0 saturated carbocycles. The second-order valence-electron chi connectivity index (χ2n) is 6.58. The summed E-state index contributed by atoms with van der Waals surface area (Å²) in [6.45, 7) is 4.33. The molecule has 3 aromatic rings. The van der Waals surface area contributed by atoms with Crippen molar-refractivity contribution in [1.82, 2.24) is 14.9 Å². The molecule has 2 aliphatic rings. The van der Waals surface area contributed by atoms with Crippen LogP contribution in [0.5, 0.6) is 11.5 Å². The second-order valence-corrected chi connectivity index (χ2v) is 7.36. The SMILES string of the molecule is Cc1cc2c(cc1CN1CCc3[nH]cnc3C1c1ccsc1)OCO2. The number of H-pyrrole nitrogens is 1. The second kappa shape index (κ2) is 5.89. The van der Waals surface area contributed by atoms with E-state index >= 15 is 0 Å². The lowest BCUT2D eigenvalue weighted by molar-refractivity contribution is 0.173. The Morgan fingerprint density at radius 2 is 2.20 bits per heavy atom. The van der Waals surface area contributed by atoms with Gasteiger partial charge in [-0.05, 0) is 52.6 Å². The number of fused-ring (bicyclic) bond motifs is 2. The molecule has 0 radical (unpaired) electrons. The van der Waals surface area contributed by atoms with Crippen molar-refractivity contribution in [3.05, 3.63) is 63.4 Å². The minimum Gasteiger partial charge on any atom is -0.454 e. The molecule has 2 aromatic heterocycles. The molecule has 2 aliphatic heterocycles. The number of rotatable bonds is 3. The molecular formula is C19H19N3O2S. The first-order chi connectivity index (χ1) is 12.3. The lowest BCUT2D eigenvalue weighted by atomic mass is 9.96. The Morgan fingerprint density at radius 1 is 1.32 bits per heavy atom. The lowest BCUT2D eigenvalue weighted by Gasteiger charge is -2.35. The van der Waals surface area contributed by atoms with Gasteiger partial charge in [0.2, 0.25) is 6.79 Å². The van der Waals surface area contributed by atoms with Crippen molar-refractivity contribution in [2.75, 3.05) is 13.3 Å². The molecule has 0 saturated heterocycles. The number of benzene rings is 1. The van der Waals surface area contributed by atoms with E-state index in [-0.39, 0.29) is 6.04 Å². The van der Waals surface area contributed by atoms with E-state index in [0.29, 0.717) is 6.79 Å². The Balaban J connectivity index is 1.51. The molecule has 4 heterocycles. The molecule has 1 unspecified atom stereocenters. The van der Waals surface area contributed by atoms with E-state index in [4.69, 9.17) is 9.47 Å². The third kappa shape index (κ3) is 2.53. The summed E-state index contributed by atoms with van der Waals surface area (Å²) in [5, 5.41) is 4.37. The highest BCUT2D eigenvalue weighted by Crippen LogP contribution is 2.38. The maximum atomic E-state index is 5.57. The van der Waals surface area contributed by atoms with Gasteiger partial charge in [0.15, 0.2) is 11.5 Å². The summed E-state index contributed by atoms with van der Waals surface area (Å²) >= 11 is 1.74. The third-order valence-corrected chi connectivity index (χ3v) is 5.79. The summed E-state index contributed by atoms with van der Waals surface area (Å²) < 4.78 is 11.1. The van der Waals surface area contributed by atoms with Crippen molar-refractivity contribution >= 4 is 11.3 Å². The summed E-state index contributed by atoms with van der Waals surface area (Å²) in [5.74, 6) is 1.70. The molecule has 1 N–H and O–H groups in total. The standard InChI is InChI=1S/C19H19N3O2S/c1-12-6-16-17(24-11-23-16)7-14(12)8-22-4-2-15-18(21-10-20-15)19(22)13-3-5-25-9-13/h3,5-7,9-10,19H,2,4,8,11H2,1H3,(H,20,21). The third-order valence-electron chi connectivity index (χ3n) is 5.09. The van der Waals surface area contributed by atoms with E-state index in [2.05, 4.69) is 50.8 Å². The molecule has 0 bridgehead atoms. The zero-order valence-electron chi connectivity index (χ0n) is 14.0. The van der Waals surface area contributed by atoms with Gasteiger partial charge in [-0.1, -0.05) is 0 Å². The fraction of sp³-hybridized carbons (Fsp3) is 0.316. The van der Waals surface area contributed by atoms with Crippen LogP contribution in [0.2, 0.25) is 0 Å². The number of imidazole rings is 1. The zero-order valence-corrected chi connectivity index (χ0v) is 14.8. The molecule has 0 amide bonds. The fourth-order valence-electron chi connectivity index (χ4n) is 3.77. The molecule has 5 rings (SSSR count). The fourth-order valence-corrected chi connectivity index (χ4v) is 4.45. The number of aryl methyl sites for hydroxylation is 1. The highest BCUT2D eigenvalue weighted by molar-refractivity contribution is 7.08. The first-order valence-electron chi connectivity index (χ1n) is 8.47. The number of hydrogen-bond donors (Lipinski definition) is 1. The van der Waals surface area contributed by atoms with E-state index in [1.165, 1.54) is 22.4 Å². The molecule has 0 spiro atoms. The molecule has 6 heteroatoms. The van der Waals surface area contributed by atoms with Gasteiger partial charge in [0.05, 0.1) is 18.1 Å². The molecule has 0 aliphatic carbocycles. The van der Waals surface area contributed by atoms with E-state index in [9.17, 15) is 0 Å². The maximum Gasteiger partial charge on any atom is 0.231 e. The van der Waals surface area contributed by atoms with Crippen LogP contribution >= 0.6 is 11.3 Å². The highest BCUT2D eigenvalue weighted by Gasteiger charge is 2.31. The van der Waals surface area contributed by atoms with Crippen LogP contribution in [-0.2, 0) is 13.0 Å². The Hall–Kier alpha value is -2.31. The number of nitrogens with one attached hydrogen (secondary N) is 1. The van der Waals surface area contributed by atoms with E-state index in [1.807, 2.05) is 6.33 Å². The van der Waals surface area contributed by atoms with Crippen LogP contribution in [-0.4, -0.2) is 28.2 Å². The maximum absolute atomic E-state index is 5.57. The molecule has 5 nitrogen and oxygen atoms in total. The zero-order chi connectivity index (χ0) is 16.8. The number of hydrogen-bond acceptors (Lipinski definition) is 5. The number of nitrogens with zero attached hydrogens (tertiary/aromatic N) is 2. The van der Waals surface area contributed by atoms with Crippen molar-refractivity contribution in [1.29, 1.82) is 0 Å². The normalized spacial score (nSPS) is 19.2. The van der Waals surface area contributed by atoms with Crippen LogP contribution in [0.3, 0.4) is 0 Å². The monoisotopic (exact) mass is 353 g/mol. The van der Waals surface area contributed by atoms with Crippen LogP contribution < -0.4 is 9.47 Å². The van der Waals surface area contributed by atoms with Gasteiger partial charge in [-0.25, -0.2) is 4.98 Å². The first-order valence-corrected chi connectivity index (χ1v) is 9.41. The summed E-state index contributed by atoms with van der Waals surface area (Å²) in [4.78, 5) is 10.4. The molecule has 25 heavy (non-hydrogen) atoms. The highest BCUT2D eigenvalue weighted by atomic mass is 32.1. The van der Waals surface area contributed by atoms with Gasteiger partial charge >= 0.3 is 0 Å². The minimum atomic E-state index is 0.200. The Morgan fingerprint density at radius 3 is 3.04 bits per heavy atom. The van der Waals surface area contributed by atoms with Crippen molar-refractivity contribution in [3.63, 3.8) is 0 Å². The Bertz CT molecular complexity index is 904. The average Bonchev–Trinajstić information content (AvgIpc) is 3.36. The largest absolute Gasteiger partial charge is 0.454 e. The summed E-state index contributed by atoms with van der Waals surface area (Å²) in [6.07, 6.45) is 2.82. The van der Waals surface area contributed by atoms with Crippen molar-refractivity contribution in [2.45, 2.75) is 25.9 Å². The molecule has 0 fully saturated rings. The van der Waals surface area contributed by atoms with Crippen LogP contribution in [0.25, 0.3) is 0 Å². The number of ether oxygens (including phenoxy) is 2. The van der Waals surface area contributed by atoms with Gasteiger partial charge in [0.25, 0.3) is 0 Å². The van der Waals surface area contributed by atoms with E-state index in [1.54, 1.807) is 11.3 Å². The summed E-state index contributed by atoms with van der Waals surface area (Å²) in [5.41, 5.74) is 6.25. The molecule has 1 atom stereocenters. The predicted molar refractivity (Wildman–Crippen MR) is 96.2 cm³/mol. The predicted octanol–water partition coefficient (Wildman–Crippen LogP) is 3.66. The Labute approximate surface area is 150 Å². The van der Waals surface area contributed by atoms with Gasteiger partial charge in [-0.3, -0.25) is 4.90 Å². The molecular weight excluding hydrogens is 334 g/mol. The van der Waals surface area contributed by atoms with Gasteiger partial charge in [0, 0.05) is 25.2 Å². The van der Waals surface area contributed by atoms with Crippen LogP contribution in [0.15, 0.2) is 35.3 Å². The van der Waals surface area contributed by atoms with E-state index in [0.717, 1.165) is 36.7 Å². The van der Waals surface area contributed by atoms with Crippen LogP contribution in [0.4, 0.5) is 0 Å². The quantitative estimate of drug-likeness (QED) is 0.781. The molecule has 128 valence electrons. The number of aromatic amines is 1. The summed E-state index contributed by atoms with van der Waals surface area (Å²) in [7, 11) is 0. The average molecular weight is 353 g/mol.